The fourth-order valence-electron chi connectivity index (χ4n) is 3.01. The van der Waals surface area contributed by atoms with Crippen molar-refractivity contribution in [3.63, 3.8) is 0 Å². The summed E-state index contributed by atoms with van der Waals surface area (Å²) >= 11 is 1.82. The molecule has 108 valence electrons. The predicted molar refractivity (Wildman–Crippen MR) is 84.8 cm³/mol. The molecule has 0 spiro atoms. The van der Waals surface area contributed by atoms with Crippen LogP contribution in [-0.4, -0.2) is 9.97 Å². The van der Waals surface area contributed by atoms with Gasteiger partial charge in [0, 0.05) is 4.88 Å². The van der Waals surface area contributed by atoms with Crippen LogP contribution in [0.1, 0.15) is 42.0 Å². The Morgan fingerprint density at radius 1 is 1.29 bits per heavy atom. The maximum absolute atomic E-state index is 5.47. The molecule has 0 bridgehead atoms. The van der Waals surface area contributed by atoms with Crippen molar-refractivity contribution in [2.24, 2.45) is 0 Å². The molecule has 0 aromatic carbocycles. The van der Waals surface area contributed by atoms with E-state index in [-0.39, 0.29) is 6.04 Å². The average Bonchev–Trinajstić information content (AvgIpc) is 3.15. The molecule has 0 aliphatic heterocycles. The summed E-state index contributed by atoms with van der Waals surface area (Å²) in [6, 6.07) is 3.99. The maximum atomic E-state index is 5.47. The highest BCUT2D eigenvalue weighted by Crippen LogP contribution is 2.38. The van der Waals surface area contributed by atoms with Crippen LogP contribution in [0.4, 0.5) is 5.82 Å². The van der Waals surface area contributed by atoms with Crippen LogP contribution in [0.3, 0.4) is 0 Å². The quantitative estimate of drug-likeness (QED) is 0.781. The average molecular weight is 299 g/mol. The molecule has 0 saturated carbocycles. The second-order valence-electron chi connectivity index (χ2n) is 5.49. The molecule has 4 rings (SSSR count). The Bertz CT molecular complexity index is 763. The minimum Gasteiger partial charge on any atom is -0.467 e. The van der Waals surface area contributed by atoms with E-state index in [1.165, 1.54) is 35.1 Å². The van der Waals surface area contributed by atoms with Crippen LogP contribution in [0.15, 0.2) is 29.1 Å². The summed E-state index contributed by atoms with van der Waals surface area (Å²) in [6.45, 7) is 2.09. The Kier molecular flexibility index (Phi) is 3.15. The van der Waals surface area contributed by atoms with Crippen molar-refractivity contribution in [1.29, 1.82) is 0 Å². The van der Waals surface area contributed by atoms with Gasteiger partial charge in [-0.25, -0.2) is 9.97 Å². The third kappa shape index (κ3) is 2.21. The van der Waals surface area contributed by atoms with Crippen LogP contribution in [-0.2, 0) is 12.8 Å². The van der Waals surface area contributed by atoms with Crippen molar-refractivity contribution < 1.29 is 4.42 Å². The number of fused-ring (bicyclic) bond motifs is 3. The Labute approximate surface area is 127 Å². The molecule has 3 aromatic heterocycles. The zero-order valence-corrected chi connectivity index (χ0v) is 12.7. The van der Waals surface area contributed by atoms with E-state index in [2.05, 4.69) is 22.2 Å². The zero-order chi connectivity index (χ0) is 14.2. The first kappa shape index (κ1) is 12.8. The summed E-state index contributed by atoms with van der Waals surface area (Å²) in [5, 5.41) is 4.70. The molecule has 1 aliphatic carbocycles. The number of rotatable bonds is 3. The fourth-order valence-corrected chi connectivity index (χ4v) is 4.24. The van der Waals surface area contributed by atoms with Crippen molar-refractivity contribution in [1.82, 2.24) is 9.97 Å². The molecule has 4 nitrogen and oxygen atoms in total. The van der Waals surface area contributed by atoms with Gasteiger partial charge >= 0.3 is 0 Å². The molecule has 0 saturated heterocycles. The molecular formula is C16H17N3OS. The van der Waals surface area contributed by atoms with E-state index in [9.17, 15) is 0 Å². The highest BCUT2D eigenvalue weighted by molar-refractivity contribution is 7.19. The maximum Gasteiger partial charge on any atom is 0.139 e. The van der Waals surface area contributed by atoms with Gasteiger partial charge in [-0.2, -0.15) is 0 Å². The molecule has 3 heterocycles. The van der Waals surface area contributed by atoms with Gasteiger partial charge in [-0.15, -0.1) is 11.3 Å². The first-order chi connectivity index (χ1) is 10.3. The standard InChI is InChI=1S/C16H17N3OS/c1-10(12-6-4-8-20-12)19-15-14-11-5-2-3-7-13(11)21-16(14)18-9-17-15/h4,6,8-10H,2-3,5,7H2,1H3,(H,17,18,19)/t10-/m0/s1. The van der Waals surface area contributed by atoms with E-state index >= 15 is 0 Å². The van der Waals surface area contributed by atoms with Gasteiger partial charge in [0.2, 0.25) is 0 Å². The molecule has 5 heteroatoms. The Hall–Kier alpha value is -1.88. The Morgan fingerprint density at radius 3 is 3.05 bits per heavy atom. The molecule has 3 aromatic rings. The van der Waals surface area contributed by atoms with Crippen molar-refractivity contribution >= 4 is 27.4 Å². The van der Waals surface area contributed by atoms with Gasteiger partial charge < -0.3 is 9.73 Å². The number of aryl methyl sites for hydroxylation is 2. The van der Waals surface area contributed by atoms with Crippen LogP contribution < -0.4 is 5.32 Å². The lowest BCUT2D eigenvalue weighted by Gasteiger charge is -2.15. The number of nitrogens with zero attached hydrogens (tertiary/aromatic N) is 2. The molecule has 1 N–H and O–H groups in total. The van der Waals surface area contributed by atoms with E-state index in [0.29, 0.717) is 0 Å². The summed E-state index contributed by atoms with van der Waals surface area (Å²) < 4.78 is 5.47. The molecule has 0 fully saturated rings. The smallest absolute Gasteiger partial charge is 0.139 e. The minimum atomic E-state index is 0.0947. The SMILES string of the molecule is C[C@H](Nc1ncnc2sc3c(c12)CCCC3)c1ccco1. The number of hydrogen-bond acceptors (Lipinski definition) is 5. The number of aromatic nitrogens is 2. The Balaban J connectivity index is 1.76. The largest absolute Gasteiger partial charge is 0.467 e. The van der Waals surface area contributed by atoms with E-state index in [1.807, 2.05) is 23.5 Å². The molecule has 1 aliphatic rings. The lowest BCUT2D eigenvalue weighted by molar-refractivity contribution is 0.490. The summed E-state index contributed by atoms with van der Waals surface area (Å²) in [5.41, 5.74) is 1.45. The minimum absolute atomic E-state index is 0.0947. The zero-order valence-electron chi connectivity index (χ0n) is 11.9. The number of nitrogens with one attached hydrogen (secondary N) is 1. The first-order valence-corrected chi connectivity index (χ1v) is 8.20. The highest BCUT2D eigenvalue weighted by atomic mass is 32.1. The van der Waals surface area contributed by atoms with Crippen LogP contribution >= 0.6 is 11.3 Å². The van der Waals surface area contributed by atoms with E-state index < -0.39 is 0 Å². The van der Waals surface area contributed by atoms with E-state index in [0.717, 1.165) is 22.8 Å². The molecule has 0 radical (unpaired) electrons. The number of thiophene rings is 1. The van der Waals surface area contributed by atoms with Gasteiger partial charge in [-0.05, 0) is 50.3 Å². The van der Waals surface area contributed by atoms with Crippen LogP contribution in [0, 0.1) is 0 Å². The third-order valence-electron chi connectivity index (χ3n) is 4.07. The Morgan fingerprint density at radius 2 is 2.19 bits per heavy atom. The van der Waals surface area contributed by atoms with Gasteiger partial charge in [0.15, 0.2) is 0 Å². The normalized spacial score (nSPS) is 15.9. The van der Waals surface area contributed by atoms with Crippen LogP contribution in [0.25, 0.3) is 10.2 Å². The number of anilines is 1. The molecule has 1 atom stereocenters. The third-order valence-corrected chi connectivity index (χ3v) is 5.27. The predicted octanol–water partition coefficient (Wildman–Crippen LogP) is 4.34. The summed E-state index contributed by atoms with van der Waals surface area (Å²) in [6.07, 6.45) is 8.24. The number of hydrogen-bond donors (Lipinski definition) is 1. The molecular weight excluding hydrogens is 282 g/mol. The summed E-state index contributed by atoms with van der Waals surface area (Å²) in [5.74, 6) is 1.86. The van der Waals surface area contributed by atoms with Crippen molar-refractivity contribution in [3.8, 4) is 0 Å². The van der Waals surface area contributed by atoms with Crippen molar-refractivity contribution in [2.75, 3.05) is 5.32 Å². The first-order valence-electron chi connectivity index (χ1n) is 7.38. The van der Waals surface area contributed by atoms with E-state index in [4.69, 9.17) is 4.42 Å². The molecule has 0 unspecified atom stereocenters. The van der Waals surface area contributed by atoms with Crippen LogP contribution in [0.2, 0.25) is 0 Å². The van der Waals surface area contributed by atoms with Gasteiger partial charge in [0.1, 0.15) is 22.7 Å². The second kappa shape index (κ2) is 5.15. The van der Waals surface area contributed by atoms with Gasteiger partial charge in [0.25, 0.3) is 0 Å². The summed E-state index contributed by atoms with van der Waals surface area (Å²) in [7, 11) is 0. The van der Waals surface area contributed by atoms with Crippen LogP contribution in [0.5, 0.6) is 0 Å². The van der Waals surface area contributed by atoms with Crippen molar-refractivity contribution in [2.45, 2.75) is 38.6 Å². The topological polar surface area (TPSA) is 51.0 Å². The monoisotopic (exact) mass is 299 g/mol. The van der Waals surface area contributed by atoms with Gasteiger partial charge in [-0.1, -0.05) is 0 Å². The van der Waals surface area contributed by atoms with Gasteiger partial charge in [0.05, 0.1) is 17.7 Å². The summed E-state index contributed by atoms with van der Waals surface area (Å²) in [4.78, 5) is 11.5. The molecule has 0 amide bonds. The number of furan rings is 1. The second-order valence-corrected chi connectivity index (χ2v) is 6.58. The van der Waals surface area contributed by atoms with Crippen molar-refractivity contribution in [3.05, 3.63) is 40.9 Å². The lowest BCUT2D eigenvalue weighted by Crippen LogP contribution is -2.08. The van der Waals surface area contributed by atoms with E-state index in [1.54, 1.807) is 12.6 Å². The highest BCUT2D eigenvalue weighted by Gasteiger charge is 2.21. The molecule has 21 heavy (non-hydrogen) atoms. The fraction of sp³-hybridized carbons (Fsp3) is 0.375. The lowest BCUT2D eigenvalue weighted by atomic mass is 9.97. The van der Waals surface area contributed by atoms with Gasteiger partial charge in [-0.3, -0.25) is 0 Å².